The molecule has 0 aromatic heterocycles. The summed E-state index contributed by atoms with van der Waals surface area (Å²) in [6.45, 7) is 11.1. The molecular formula is C12H26N2O. The van der Waals surface area contributed by atoms with Crippen LogP contribution in [0.1, 0.15) is 27.2 Å². The van der Waals surface area contributed by atoms with E-state index < -0.39 is 0 Å². The van der Waals surface area contributed by atoms with Gasteiger partial charge in [-0.15, -0.1) is 0 Å². The molecule has 90 valence electrons. The van der Waals surface area contributed by atoms with Crippen LogP contribution in [0, 0.1) is 5.92 Å². The van der Waals surface area contributed by atoms with Crippen molar-refractivity contribution in [3.05, 3.63) is 0 Å². The molecule has 0 amide bonds. The summed E-state index contributed by atoms with van der Waals surface area (Å²) in [6.07, 6.45) is 1.22. The Balaban J connectivity index is 2.53. The zero-order valence-electron chi connectivity index (χ0n) is 10.6. The molecule has 1 fully saturated rings. The Bertz CT molecular complexity index is 175. The lowest BCUT2D eigenvalue weighted by molar-refractivity contribution is 0.0806. The van der Waals surface area contributed by atoms with Gasteiger partial charge in [0.15, 0.2) is 0 Å². The minimum atomic E-state index is 0.660. The summed E-state index contributed by atoms with van der Waals surface area (Å²) in [5, 5.41) is 3.48. The topological polar surface area (TPSA) is 24.5 Å². The second-order valence-electron chi connectivity index (χ2n) is 4.69. The van der Waals surface area contributed by atoms with Crippen molar-refractivity contribution in [2.24, 2.45) is 5.92 Å². The molecule has 1 heterocycles. The Morgan fingerprint density at radius 3 is 2.67 bits per heavy atom. The predicted molar refractivity (Wildman–Crippen MR) is 64.2 cm³/mol. The molecule has 1 aliphatic heterocycles. The van der Waals surface area contributed by atoms with Gasteiger partial charge in [0, 0.05) is 32.3 Å². The molecule has 0 saturated carbocycles. The van der Waals surface area contributed by atoms with E-state index in [4.69, 9.17) is 4.74 Å². The van der Waals surface area contributed by atoms with Gasteiger partial charge in [0.05, 0.1) is 6.61 Å². The van der Waals surface area contributed by atoms with Gasteiger partial charge >= 0.3 is 0 Å². The molecule has 15 heavy (non-hydrogen) atoms. The van der Waals surface area contributed by atoms with Gasteiger partial charge in [-0.3, -0.25) is 4.90 Å². The average molecular weight is 214 g/mol. The lowest BCUT2D eigenvalue weighted by Crippen LogP contribution is -2.46. The molecule has 1 N–H and O–H groups in total. The van der Waals surface area contributed by atoms with Crippen molar-refractivity contribution >= 4 is 0 Å². The number of rotatable bonds is 6. The maximum absolute atomic E-state index is 5.20. The van der Waals surface area contributed by atoms with Gasteiger partial charge in [0.2, 0.25) is 0 Å². The summed E-state index contributed by atoms with van der Waals surface area (Å²) in [5.74, 6) is 0.760. The fourth-order valence-corrected chi connectivity index (χ4v) is 2.38. The molecule has 0 radical (unpaired) electrons. The van der Waals surface area contributed by atoms with Crippen molar-refractivity contribution in [2.75, 3.05) is 33.4 Å². The maximum atomic E-state index is 5.20. The number of ether oxygens (including phenoxy) is 1. The molecule has 0 spiro atoms. The van der Waals surface area contributed by atoms with Crippen LogP contribution in [0.3, 0.4) is 0 Å². The largest absolute Gasteiger partial charge is 0.383 e. The van der Waals surface area contributed by atoms with Gasteiger partial charge < -0.3 is 10.1 Å². The summed E-state index contributed by atoms with van der Waals surface area (Å²) < 4.78 is 5.20. The lowest BCUT2D eigenvalue weighted by Gasteiger charge is -2.35. The highest BCUT2D eigenvalue weighted by molar-refractivity contribution is 4.88. The summed E-state index contributed by atoms with van der Waals surface area (Å²) in [7, 11) is 1.78. The fourth-order valence-electron chi connectivity index (χ4n) is 2.38. The van der Waals surface area contributed by atoms with Crippen LogP contribution in [-0.4, -0.2) is 50.3 Å². The summed E-state index contributed by atoms with van der Waals surface area (Å²) >= 11 is 0. The molecule has 3 atom stereocenters. The predicted octanol–water partition coefficient (Wildman–Crippen LogP) is 1.34. The van der Waals surface area contributed by atoms with Crippen LogP contribution >= 0.6 is 0 Å². The van der Waals surface area contributed by atoms with Crippen LogP contribution < -0.4 is 5.32 Å². The molecule has 1 aliphatic rings. The lowest BCUT2D eigenvalue weighted by atomic mass is 10.0. The molecular weight excluding hydrogens is 188 g/mol. The van der Waals surface area contributed by atoms with E-state index in [1.165, 1.54) is 6.42 Å². The van der Waals surface area contributed by atoms with Crippen LogP contribution in [0.4, 0.5) is 0 Å². The normalized spacial score (nSPS) is 28.6. The standard InChI is InChI=1S/C12H26N2O/c1-5-11(3)14(6-7-15-4)12-9-13-8-10(12)2/h10-13H,5-9H2,1-4H3. The van der Waals surface area contributed by atoms with Crippen LogP contribution in [0.25, 0.3) is 0 Å². The van der Waals surface area contributed by atoms with Gasteiger partial charge in [-0.1, -0.05) is 13.8 Å². The Morgan fingerprint density at radius 1 is 1.47 bits per heavy atom. The first-order valence-electron chi connectivity index (χ1n) is 6.16. The first-order chi connectivity index (χ1) is 7.20. The monoisotopic (exact) mass is 214 g/mol. The van der Waals surface area contributed by atoms with Gasteiger partial charge in [0.1, 0.15) is 0 Å². The highest BCUT2D eigenvalue weighted by atomic mass is 16.5. The first-order valence-corrected chi connectivity index (χ1v) is 6.16. The van der Waals surface area contributed by atoms with E-state index in [-0.39, 0.29) is 0 Å². The minimum Gasteiger partial charge on any atom is -0.383 e. The number of methoxy groups -OCH3 is 1. The first kappa shape index (κ1) is 12.9. The summed E-state index contributed by atoms with van der Waals surface area (Å²) in [6, 6.07) is 1.35. The quantitative estimate of drug-likeness (QED) is 0.722. The van der Waals surface area contributed by atoms with Gasteiger partial charge in [0.25, 0.3) is 0 Å². The van der Waals surface area contributed by atoms with E-state index in [2.05, 4.69) is 31.0 Å². The SMILES string of the molecule is CCC(C)N(CCOC)C1CNCC1C. The highest BCUT2D eigenvalue weighted by Crippen LogP contribution is 2.18. The Kier molecular flexibility index (Phi) is 5.58. The molecule has 0 aromatic rings. The maximum Gasteiger partial charge on any atom is 0.0589 e. The summed E-state index contributed by atoms with van der Waals surface area (Å²) in [5.41, 5.74) is 0. The smallest absolute Gasteiger partial charge is 0.0589 e. The molecule has 0 bridgehead atoms. The third-order valence-electron chi connectivity index (χ3n) is 3.61. The summed E-state index contributed by atoms with van der Waals surface area (Å²) in [4.78, 5) is 2.61. The second kappa shape index (κ2) is 6.46. The molecule has 1 rings (SSSR count). The highest BCUT2D eigenvalue weighted by Gasteiger charge is 2.30. The molecule has 3 nitrogen and oxygen atoms in total. The van der Waals surface area contributed by atoms with Crippen molar-refractivity contribution < 1.29 is 4.74 Å². The van der Waals surface area contributed by atoms with E-state index in [9.17, 15) is 0 Å². The van der Waals surface area contributed by atoms with Gasteiger partial charge in [-0.25, -0.2) is 0 Å². The van der Waals surface area contributed by atoms with E-state index >= 15 is 0 Å². The number of hydrogen-bond donors (Lipinski definition) is 1. The second-order valence-corrected chi connectivity index (χ2v) is 4.69. The van der Waals surface area contributed by atoms with Crippen LogP contribution in [0.5, 0.6) is 0 Å². The number of nitrogens with zero attached hydrogens (tertiary/aromatic N) is 1. The van der Waals surface area contributed by atoms with Crippen LogP contribution in [0.2, 0.25) is 0 Å². The van der Waals surface area contributed by atoms with E-state index in [0.29, 0.717) is 12.1 Å². The molecule has 0 aliphatic carbocycles. The Labute approximate surface area is 94.2 Å². The number of hydrogen-bond acceptors (Lipinski definition) is 3. The van der Waals surface area contributed by atoms with Crippen molar-refractivity contribution in [3.8, 4) is 0 Å². The number of nitrogens with one attached hydrogen (secondary N) is 1. The van der Waals surface area contributed by atoms with Crippen molar-refractivity contribution in [1.82, 2.24) is 10.2 Å². The van der Waals surface area contributed by atoms with Crippen molar-refractivity contribution in [3.63, 3.8) is 0 Å². The van der Waals surface area contributed by atoms with Crippen molar-refractivity contribution in [1.29, 1.82) is 0 Å². The van der Waals surface area contributed by atoms with E-state index in [0.717, 1.165) is 32.2 Å². The molecule has 1 saturated heterocycles. The van der Waals surface area contributed by atoms with Crippen LogP contribution in [0.15, 0.2) is 0 Å². The van der Waals surface area contributed by atoms with Gasteiger partial charge in [-0.05, 0) is 25.8 Å². The van der Waals surface area contributed by atoms with Gasteiger partial charge in [-0.2, -0.15) is 0 Å². The Hall–Kier alpha value is -0.120. The zero-order valence-corrected chi connectivity index (χ0v) is 10.6. The Morgan fingerprint density at radius 2 is 2.20 bits per heavy atom. The molecule has 0 aromatic carbocycles. The fraction of sp³-hybridized carbons (Fsp3) is 1.00. The zero-order chi connectivity index (χ0) is 11.3. The van der Waals surface area contributed by atoms with Crippen molar-refractivity contribution in [2.45, 2.75) is 39.3 Å². The third-order valence-corrected chi connectivity index (χ3v) is 3.61. The average Bonchev–Trinajstić information content (AvgIpc) is 2.65. The molecule has 3 heteroatoms. The molecule has 3 unspecified atom stereocenters. The van der Waals surface area contributed by atoms with E-state index in [1.807, 2.05) is 0 Å². The third kappa shape index (κ3) is 3.44. The van der Waals surface area contributed by atoms with E-state index in [1.54, 1.807) is 7.11 Å². The van der Waals surface area contributed by atoms with Crippen LogP contribution in [-0.2, 0) is 4.74 Å². The minimum absolute atomic E-state index is 0.660.